The molecule has 1 amide bonds. The number of hydrogen-bond donors (Lipinski definition) is 1. The van der Waals surface area contributed by atoms with Crippen LogP contribution in [0.5, 0.6) is 0 Å². The van der Waals surface area contributed by atoms with Crippen LogP contribution >= 0.6 is 23.5 Å². The second-order valence-electron chi connectivity index (χ2n) is 5.13. The Morgan fingerprint density at radius 2 is 1.82 bits per heavy atom. The van der Waals surface area contributed by atoms with Gasteiger partial charge < -0.3 is 5.32 Å². The lowest BCUT2D eigenvalue weighted by Gasteiger charge is -2.10. The second kappa shape index (κ2) is 6.75. The van der Waals surface area contributed by atoms with Crippen molar-refractivity contribution in [1.82, 2.24) is 0 Å². The lowest BCUT2D eigenvalue weighted by atomic mass is 10.1. The average Bonchev–Trinajstić information content (AvgIpc) is 3.04. The monoisotopic (exact) mass is 333 g/mol. The van der Waals surface area contributed by atoms with E-state index < -0.39 is 5.82 Å². The first-order valence-electron chi connectivity index (χ1n) is 7.04. The fourth-order valence-corrected chi connectivity index (χ4v) is 5.12. The Morgan fingerprint density at radius 1 is 1.14 bits per heavy atom. The Morgan fingerprint density at radius 3 is 2.45 bits per heavy atom. The summed E-state index contributed by atoms with van der Waals surface area (Å²) < 4.78 is 14.2. The van der Waals surface area contributed by atoms with E-state index in [9.17, 15) is 9.18 Å². The van der Waals surface area contributed by atoms with E-state index in [0.29, 0.717) is 10.1 Å². The SMILES string of the molecule is Cc1ccc(NC(=O)c2ccc(C3SCCS3)cc2)c(F)c1. The molecule has 114 valence electrons. The first-order valence-corrected chi connectivity index (χ1v) is 9.14. The molecule has 1 N–H and O–H groups in total. The van der Waals surface area contributed by atoms with Crippen molar-refractivity contribution in [2.24, 2.45) is 0 Å². The van der Waals surface area contributed by atoms with Gasteiger partial charge >= 0.3 is 0 Å². The van der Waals surface area contributed by atoms with Gasteiger partial charge in [0.2, 0.25) is 0 Å². The number of anilines is 1. The number of rotatable bonds is 3. The van der Waals surface area contributed by atoms with Crippen molar-refractivity contribution < 1.29 is 9.18 Å². The van der Waals surface area contributed by atoms with Gasteiger partial charge in [0.1, 0.15) is 5.82 Å². The van der Waals surface area contributed by atoms with Crippen LogP contribution in [-0.2, 0) is 0 Å². The molecule has 0 radical (unpaired) electrons. The normalized spacial score (nSPS) is 15.0. The maximum Gasteiger partial charge on any atom is 0.255 e. The summed E-state index contributed by atoms with van der Waals surface area (Å²) in [6, 6.07) is 12.3. The Kier molecular flexibility index (Phi) is 4.74. The maximum atomic E-state index is 13.8. The lowest BCUT2D eigenvalue weighted by Crippen LogP contribution is -2.13. The number of halogens is 1. The predicted octanol–water partition coefficient (Wildman–Crippen LogP) is 4.87. The molecule has 1 aliphatic heterocycles. The van der Waals surface area contributed by atoms with E-state index in [1.54, 1.807) is 24.3 Å². The molecule has 3 rings (SSSR count). The van der Waals surface area contributed by atoms with Crippen molar-refractivity contribution in [3.63, 3.8) is 0 Å². The molecule has 0 unspecified atom stereocenters. The predicted molar refractivity (Wildman–Crippen MR) is 93.2 cm³/mol. The van der Waals surface area contributed by atoms with Crippen molar-refractivity contribution >= 4 is 35.1 Å². The largest absolute Gasteiger partial charge is 0.319 e. The molecule has 2 nitrogen and oxygen atoms in total. The quantitative estimate of drug-likeness (QED) is 0.869. The number of hydrogen-bond acceptors (Lipinski definition) is 3. The lowest BCUT2D eigenvalue weighted by molar-refractivity contribution is 0.102. The van der Waals surface area contributed by atoms with E-state index in [1.165, 1.54) is 23.1 Å². The molecule has 0 bridgehead atoms. The molecule has 1 saturated heterocycles. The first-order chi connectivity index (χ1) is 10.6. The zero-order valence-corrected chi connectivity index (χ0v) is 13.8. The number of carbonyl (C=O) groups excluding carboxylic acids is 1. The van der Waals surface area contributed by atoms with Gasteiger partial charge in [-0.05, 0) is 42.3 Å². The van der Waals surface area contributed by atoms with Gasteiger partial charge in [-0.3, -0.25) is 4.79 Å². The Hall–Kier alpha value is -1.46. The summed E-state index contributed by atoms with van der Waals surface area (Å²) in [7, 11) is 0. The van der Waals surface area contributed by atoms with Gasteiger partial charge in [-0.25, -0.2) is 4.39 Å². The topological polar surface area (TPSA) is 29.1 Å². The van der Waals surface area contributed by atoms with Gasteiger partial charge in [-0.2, -0.15) is 0 Å². The molecular weight excluding hydrogens is 317 g/mol. The molecule has 1 aliphatic rings. The van der Waals surface area contributed by atoms with E-state index in [0.717, 1.165) is 5.56 Å². The second-order valence-corrected chi connectivity index (χ2v) is 7.86. The van der Waals surface area contributed by atoms with Crippen molar-refractivity contribution in [3.05, 3.63) is 65.0 Å². The first kappa shape index (κ1) is 15.4. The van der Waals surface area contributed by atoms with Gasteiger partial charge in [0.05, 0.1) is 10.3 Å². The highest BCUT2D eigenvalue weighted by atomic mass is 32.2. The molecule has 2 aromatic carbocycles. The van der Waals surface area contributed by atoms with Crippen LogP contribution in [0, 0.1) is 12.7 Å². The highest BCUT2D eigenvalue weighted by molar-refractivity contribution is 8.19. The number of benzene rings is 2. The van der Waals surface area contributed by atoms with E-state index >= 15 is 0 Å². The van der Waals surface area contributed by atoms with Crippen molar-refractivity contribution in [2.45, 2.75) is 11.5 Å². The Bertz CT molecular complexity index is 682. The number of aryl methyl sites for hydroxylation is 1. The molecule has 0 aromatic heterocycles. The summed E-state index contributed by atoms with van der Waals surface area (Å²) in [5, 5.41) is 2.62. The van der Waals surface area contributed by atoms with E-state index in [-0.39, 0.29) is 11.6 Å². The van der Waals surface area contributed by atoms with Crippen LogP contribution in [0.4, 0.5) is 10.1 Å². The van der Waals surface area contributed by atoms with Crippen LogP contribution in [0.15, 0.2) is 42.5 Å². The third-order valence-corrected chi connectivity index (χ3v) is 6.54. The van der Waals surface area contributed by atoms with Crippen LogP contribution in [0.25, 0.3) is 0 Å². The Balaban J connectivity index is 1.71. The fraction of sp³-hybridized carbons (Fsp3) is 0.235. The molecule has 22 heavy (non-hydrogen) atoms. The van der Waals surface area contributed by atoms with Crippen molar-refractivity contribution in [2.75, 3.05) is 16.8 Å². The molecule has 1 fully saturated rings. The minimum Gasteiger partial charge on any atom is -0.319 e. The van der Waals surface area contributed by atoms with E-state index in [1.807, 2.05) is 42.6 Å². The molecule has 0 spiro atoms. The van der Waals surface area contributed by atoms with Gasteiger partial charge in [-0.15, -0.1) is 23.5 Å². The van der Waals surface area contributed by atoms with Crippen molar-refractivity contribution in [1.29, 1.82) is 0 Å². The minimum atomic E-state index is -0.413. The smallest absolute Gasteiger partial charge is 0.255 e. The zero-order valence-electron chi connectivity index (χ0n) is 12.1. The highest BCUT2D eigenvalue weighted by Gasteiger charge is 2.18. The van der Waals surface area contributed by atoms with Crippen molar-refractivity contribution in [3.8, 4) is 0 Å². The summed E-state index contributed by atoms with van der Waals surface area (Å²) in [5.74, 6) is 1.64. The minimum absolute atomic E-state index is 0.210. The standard InChI is InChI=1S/C17H16FNOS2/c1-11-2-7-15(14(18)10-11)19-16(20)12-3-5-13(6-4-12)17-21-8-9-22-17/h2-7,10,17H,8-9H2,1H3,(H,19,20). The maximum absolute atomic E-state index is 13.8. The van der Waals surface area contributed by atoms with Gasteiger partial charge in [-0.1, -0.05) is 18.2 Å². The van der Waals surface area contributed by atoms with Crippen LogP contribution in [0.1, 0.15) is 26.1 Å². The summed E-state index contributed by atoms with van der Waals surface area (Å²) in [6.45, 7) is 1.81. The molecule has 0 atom stereocenters. The van der Waals surface area contributed by atoms with E-state index in [2.05, 4.69) is 5.32 Å². The Labute approximate surface area is 137 Å². The molecule has 0 saturated carbocycles. The summed E-state index contributed by atoms with van der Waals surface area (Å²) in [5.41, 5.74) is 2.80. The number of nitrogens with one attached hydrogen (secondary N) is 1. The zero-order chi connectivity index (χ0) is 15.5. The van der Waals surface area contributed by atoms with Gasteiger partial charge in [0.25, 0.3) is 5.91 Å². The summed E-state index contributed by atoms with van der Waals surface area (Å²) >= 11 is 3.86. The summed E-state index contributed by atoms with van der Waals surface area (Å²) in [4.78, 5) is 12.2. The van der Waals surface area contributed by atoms with Crippen LogP contribution in [-0.4, -0.2) is 17.4 Å². The van der Waals surface area contributed by atoms with Gasteiger partial charge in [0.15, 0.2) is 0 Å². The fourth-order valence-electron chi connectivity index (χ4n) is 2.26. The molecule has 2 aromatic rings. The number of thioether (sulfide) groups is 2. The highest BCUT2D eigenvalue weighted by Crippen LogP contribution is 2.45. The average molecular weight is 333 g/mol. The third kappa shape index (κ3) is 3.47. The molecule has 0 aliphatic carbocycles. The van der Waals surface area contributed by atoms with Crippen LogP contribution in [0.2, 0.25) is 0 Å². The van der Waals surface area contributed by atoms with E-state index in [4.69, 9.17) is 0 Å². The molecule has 1 heterocycles. The number of amides is 1. The molecule has 5 heteroatoms. The van der Waals surface area contributed by atoms with Crippen LogP contribution < -0.4 is 5.32 Å². The van der Waals surface area contributed by atoms with Gasteiger partial charge in [0, 0.05) is 17.1 Å². The van der Waals surface area contributed by atoms with Crippen LogP contribution in [0.3, 0.4) is 0 Å². The third-order valence-electron chi connectivity index (χ3n) is 3.44. The summed E-state index contributed by atoms with van der Waals surface area (Å²) in [6.07, 6.45) is 0. The number of carbonyl (C=O) groups is 1. The molecular formula is C17H16FNOS2.